The summed E-state index contributed by atoms with van der Waals surface area (Å²) < 4.78 is 19.9. The molecule has 21 nitrogen and oxygen atoms in total. The van der Waals surface area contributed by atoms with E-state index in [4.69, 9.17) is 36.5 Å². The number of aryl methyl sites for hydroxylation is 2. The Morgan fingerprint density at radius 3 is 1.54 bits per heavy atom. The quantitative estimate of drug-likeness (QED) is 0.0336. The van der Waals surface area contributed by atoms with Gasteiger partial charge in [0.15, 0.2) is 11.6 Å². The summed E-state index contributed by atoms with van der Waals surface area (Å²) in [7, 11) is 15.4. The van der Waals surface area contributed by atoms with Crippen LogP contribution in [0.1, 0.15) is 24.2 Å². The van der Waals surface area contributed by atoms with Gasteiger partial charge in [-0.1, -0.05) is 49.6 Å². The third-order valence-corrected chi connectivity index (χ3v) is 12.6. The number of aromatic nitrogens is 8. The molecule has 0 atom stereocenters. The van der Waals surface area contributed by atoms with E-state index in [1.807, 2.05) is 134 Å². The number of carbonyl (C=O) groups excluding carboxylic acids is 2. The second-order valence-corrected chi connectivity index (χ2v) is 19.3. The lowest BCUT2D eigenvalue weighted by atomic mass is 10.2. The number of amides is 1. The Labute approximate surface area is 473 Å². The van der Waals surface area contributed by atoms with E-state index in [1.54, 1.807) is 37.4 Å². The van der Waals surface area contributed by atoms with Crippen LogP contribution in [0.4, 0.5) is 46.0 Å². The minimum atomic E-state index is -0.509. The number of rotatable bonds is 19. The molecule has 0 saturated carbocycles. The van der Waals surface area contributed by atoms with E-state index < -0.39 is 5.24 Å². The van der Waals surface area contributed by atoms with Gasteiger partial charge < -0.3 is 55.5 Å². The summed E-state index contributed by atoms with van der Waals surface area (Å²) in [6, 6.07) is 27.2. The van der Waals surface area contributed by atoms with Gasteiger partial charge in [-0.15, -0.1) is 0 Å². The Bertz CT molecular complexity index is 3370. The maximum atomic E-state index is 12.2. The van der Waals surface area contributed by atoms with E-state index in [1.165, 1.54) is 18.9 Å². The molecule has 9 rings (SSSR count). The van der Waals surface area contributed by atoms with Crippen molar-refractivity contribution in [2.75, 3.05) is 127 Å². The number of nitrogens with two attached hydrogens (primary N) is 1. The van der Waals surface area contributed by atoms with Gasteiger partial charge in [-0.2, -0.15) is 20.2 Å². The van der Waals surface area contributed by atoms with E-state index in [0.29, 0.717) is 57.8 Å². The molecule has 422 valence electrons. The number of nitrogens with zero attached hydrogens (tertiary/aromatic N) is 12. The smallest absolute Gasteiger partial charge is 0.247 e. The van der Waals surface area contributed by atoms with Crippen LogP contribution in [0.2, 0.25) is 0 Å². The Kier molecular flexibility index (Phi) is 22.2. The number of anilines is 8. The first-order valence-corrected chi connectivity index (χ1v) is 26.2. The van der Waals surface area contributed by atoms with E-state index in [0.717, 1.165) is 90.0 Å². The van der Waals surface area contributed by atoms with Crippen molar-refractivity contribution in [3.63, 3.8) is 0 Å². The summed E-state index contributed by atoms with van der Waals surface area (Å²) in [5, 5.41) is 20.4. The SMILES string of the molecule is C1CCOC1.C=CC(=O)Cl.C=CC(=O)Nc1cc(Nc2nccc(-n3nc(C)c4ccccc43)n2)c(OC)cc1N(C)CCN(C)C.COc1cc(N(C)CCN(C)C)c(N)cc1Nc1nccc(-n2nc(C)c3ccccc32)n1. The topological polar surface area (TPSA) is 224 Å². The molecular weight excluding hydrogens is 1040 g/mol. The molecule has 4 aromatic carbocycles. The van der Waals surface area contributed by atoms with Crippen LogP contribution in [0.3, 0.4) is 0 Å². The minimum absolute atomic E-state index is 0.308. The standard InChI is InChI=1S/C27H32N8O2.C24H30N8O.C4H8O.C3H3ClO/c1-7-26(36)29-20-16-21(24(37-6)17-23(20)34(5)15-14-33(3)4)30-27-28-13-12-25(31-27)35-22-11-9-8-10-19(22)18(2)32-35;1-16-17-8-6-7-9-20(17)32(29-16)23-10-11-26-24(28-23)27-19-14-18(25)21(15-22(19)33-5)31(4)13-12-30(2)3;1-2-4-5-3-1;1-2-3(4)5/h7-13,16-17H,1,14-15H2,2-6H3,(H,29,36)(H,28,30,31);6-11,14-15H,12-13,25H2,1-5H3,(H,26,27,28);1-4H2;2H,1H2. The first-order chi connectivity index (χ1) is 38.4. The highest BCUT2D eigenvalue weighted by atomic mass is 35.5. The summed E-state index contributed by atoms with van der Waals surface area (Å²) >= 11 is 4.71. The van der Waals surface area contributed by atoms with Crippen molar-refractivity contribution in [1.82, 2.24) is 49.3 Å². The molecule has 0 aliphatic carbocycles. The lowest BCUT2D eigenvalue weighted by molar-refractivity contribution is -0.112. The lowest BCUT2D eigenvalue weighted by Crippen LogP contribution is -2.29. The molecule has 1 saturated heterocycles. The molecule has 1 amide bonds. The van der Waals surface area contributed by atoms with Gasteiger partial charge in [0.25, 0.3) is 0 Å². The van der Waals surface area contributed by atoms with Crippen molar-refractivity contribution < 1.29 is 23.8 Å². The third kappa shape index (κ3) is 16.5. The van der Waals surface area contributed by atoms with E-state index >= 15 is 0 Å². The summed E-state index contributed by atoms with van der Waals surface area (Å²) in [5.41, 5.74) is 14.5. The molecule has 4 aromatic heterocycles. The van der Waals surface area contributed by atoms with Crippen LogP contribution < -0.4 is 41.0 Å². The van der Waals surface area contributed by atoms with E-state index in [9.17, 15) is 9.59 Å². The fourth-order valence-corrected chi connectivity index (χ4v) is 8.16. The van der Waals surface area contributed by atoms with Crippen LogP contribution in [0.15, 0.2) is 123 Å². The number of benzene rings is 4. The Balaban J connectivity index is 0.000000221. The predicted octanol–water partition coefficient (Wildman–Crippen LogP) is 9.19. The molecule has 1 aliphatic rings. The number of allylic oxidation sites excluding steroid dienone is 1. The second-order valence-electron chi connectivity index (χ2n) is 18.9. The molecule has 0 radical (unpaired) electrons. The molecule has 8 aromatic rings. The fourth-order valence-electron chi connectivity index (χ4n) is 8.16. The zero-order valence-corrected chi connectivity index (χ0v) is 48.1. The zero-order chi connectivity index (χ0) is 57.9. The number of fused-ring (bicyclic) bond motifs is 2. The van der Waals surface area contributed by atoms with Gasteiger partial charge in [-0.25, -0.2) is 19.3 Å². The highest BCUT2D eigenvalue weighted by Gasteiger charge is 2.19. The third-order valence-electron chi connectivity index (χ3n) is 12.4. The van der Waals surface area contributed by atoms with Crippen LogP contribution >= 0.6 is 11.6 Å². The number of methoxy groups -OCH3 is 2. The molecule has 1 fully saturated rings. The number of halogens is 1. The van der Waals surface area contributed by atoms with Gasteiger partial charge in [0.2, 0.25) is 23.0 Å². The maximum Gasteiger partial charge on any atom is 0.247 e. The van der Waals surface area contributed by atoms with Crippen LogP contribution in [-0.2, 0) is 14.3 Å². The van der Waals surface area contributed by atoms with Crippen LogP contribution in [-0.4, -0.2) is 156 Å². The van der Waals surface area contributed by atoms with Gasteiger partial charge >= 0.3 is 0 Å². The van der Waals surface area contributed by atoms with Gasteiger partial charge in [-0.3, -0.25) is 9.59 Å². The second kappa shape index (κ2) is 29.4. The van der Waals surface area contributed by atoms with Gasteiger partial charge in [-0.05, 0) is 103 Å². The van der Waals surface area contributed by atoms with Crippen molar-refractivity contribution in [3.05, 3.63) is 134 Å². The average Bonchev–Trinajstić information content (AvgIpc) is 4.24. The summed E-state index contributed by atoms with van der Waals surface area (Å²) in [6.45, 7) is 16.0. The monoisotopic (exact) mass is 1110 g/mol. The molecule has 5 N–H and O–H groups in total. The molecule has 0 bridgehead atoms. The first kappa shape index (κ1) is 60.6. The number of likely N-dealkylation sites (N-methyl/N-ethyl adjacent to an activating group) is 4. The number of ether oxygens (including phenoxy) is 3. The van der Waals surface area contributed by atoms with Crippen molar-refractivity contribution >= 4 is 90.6 Å². The molecule has 22 heteroatoms. The normalized spacial score (nSPS) is 11.6. The number of hydrogen-bond donors (Lipinski definition) is 4. The van der Waals surface area contributed by atoms with Crippen molar-refractivity contribution in [1.29, 1.82) is 0 Å². The molecule has 1 aliphatic heterocycles. The number of nitrogens with one attached hydrogen (secondary N) is 3. The largest absolute Gasteiger partial charge is 0.494 e. The molecule has 80 heavy (non-hydrogen) atoms. The van der Waals surface area contributed by atoms with Gasteiger partial charge in [0.1, 0.15) is 11.5 Å². The maximum absolute atomic E-state index is 12.2. The van der Waals surface area contributed by atoms with Crippen molar-refractivity contribution in [3.8, 4) is 23.1 Å². The van der Waals surface area contributed by atoms with Crippen LogP contribution in [0, 0.1) is 13.8 Å². The van der Waals surface area contributed by atoms with Crippen LogP contribution in [0.25, 0.3) is 33.4 Å². The van der Waals surface area contributed by atoms with E-state index in [2.05, 4.69) is 79.9 Å². The summed E-state index contributed by atoms with van der Waals surface area (Å²) in [6.07, 6.45) is 8.22. The fraction of sp³-hybridized carbons (Fsp3) is 0.310. The molecule has 0 unspecified atom stereocenters. The Morgan fingerprint density at radius 2 is 1.11 bits per heavy atom. The Morgan fingerprint density at radius 1 is 0.662 bits per heavy atom. The minimum Gasteiger partial charge on any atom is -0.494 e. The molecule has 0 spiro atoms. The lowest BCUT2D eigenvalue weighted by Gasteiger charge is -2.26. The number of hydrogen-bond acceptors (Lipinski definition) is 18. The van der Waals surface area contributed by atoms with Gasteiger partial charge in [0.05, 0.1) is 70.8 Å². The summed E-state index contributed by atoms with van der Waals surface area (Å²) in [5.74, 6) is 3.02. The highest BCUT2D eigenvalue weighted by Crippen LogP contribution is 2.39. The first-order valence-electron chi connectivity index (χ1n) is 25.8. The predicted molar refractivity (Wildman–Crippen MR) is 323 cm³/mol. The zero-order valence-electron chi connectivity index (χ0n) is 47.3. The van der Waals surface area contributed by atoms with Crippen molar-refractivity contribution in [2.45, 2.75) is 26.7 Å². The molecular formula is C58H73ClN16O5. The number of carbonyl (C=O) groups is 2. The van der Waals surface area contributed by atoms with E-state index in [-0.39, 0.29) is 5.91 Å². The number of para-hydroxylation sites is 2. The number of nitrogen functional groups attached to an aromatic ring is 1. The average molecular weight is 1110 g/mol. The molecule has 5 heterocycles. The highest BCUT2D eigenvalue weighted by molar-refractivity contribution is 6.66. The Hall–Kier alpha value is -8.63. The summed E-state index contributed by atoms with van der Waals surface area (Å²) in [4.78, 5) is 48.2. The van der Waals surface area contributed by atoms with Crippen molar-refractivity contribution in [2.24, 2.45) is 0 Å². The van der Waals surface area contributed by atoms with Gasteiger partial charge in [0, 0.05) is 101 Å². The van der Waals surface area contributed by atoms with Crippen LogP contribution in [0.5, 0.6) is 11.5 Å².